The van der Waals surface area contributed by atoms with Gasteiger partial charge in [-0.25, -0.2) is 4.98 Å². The molecule has 4 rings (SSSR count). The van der Waals surface area contributed by atoms with Gasteiger partial charge in [-0.05, 0) is 38.0 Å². The average molecular weight is 418 g/mol. The maximum absolute atomic E-state index is 12.8. The quantitative estimate of drug-likeness (QED) is 0.591. The molecule has 0 spiro atoms. The first kappa shape index (κ1) is 19.1. The lowest BCUT2D eigenvalue weighted by atomic mass is 9.93. The summed E-state index contributed by atoms with van der Waals surface area (Å²) in [7, 11) is 5.46. The molecule has 0 N–H and O–H groups in total. The van der Waals surface area contributed by atoms with Gasteiger partial charge in [0.2, 0.25) is 0 Å². The van der Waals surface area contributed by atoms with Gasteiger partial charge in [-0.3, -0.25) is 4.79 Å². The van der Waals surface area contributed by atoms with E-state index in [1.165, 1.54) is 0 Å². The van der Waals surface area contributed by atoms with Gasteiger partial charge < -0.3 is 14.2 Å². The second-order valence-corrected chi connectivity index (χ2v) is 8.17. The Kier molecular flexibility index (Phi) is 4.76. The minimum absolute atomic E-state index is 0.0384. The molecule has 1 aliphatic rings. The van der Waals surface area contributed by atoms with Gasteiger partial charge in [0, 0.05) is 47.9 Å². The van der Waals surface area contributed by atoms with Crippen LogP contribution in [0.3, 0.4) is 0 Å². The van der Waals surface area contributed by atoms with Crippen LogP contribution < -0.4 is 4.74 Å². The molecule has 0 radical (unpaired) electrons. The summed E-state index contributed by atoms with van der Waals surface area (Å²) in [4.78, 5) is 19.1. The molecule has 0 fully saturated rings. The minimum atomic E-state index is -0.215. The molecule has 3 aromatic rings. The summed E-state index contributed by atoms with van der Waals surface area (Å²) in [5.74, 6) is 1.50. The van der Waals surface area contributed by atoms with Crippen molar-refractivity contribution in [3.05, 3.63) is 56.8 Å². The van der Waals surface area contributed by atoms with Crippen LogP contribution in [0.15, 0.2) is 24.3 Å². The topological polar surface area (TPSA) is 47.4 Å². The first-order valence-electron chi connectivity index (χ1n) is 9.10. The number of carbonyl (C=O) groups is 1. The second kappa shape index (κ2) is 6.98. The Balaban J connectivity index is 1.89. The summed E-state index contributed by atoms with van der Waals surface area (Å²) in [5.41, 5.74) is 4.12. The fourth-order valence-corrected chi connectivity index (χ4v) is 4.24. The smallest absolute Gasteiger partial charge is 0.253 e. The van der Waals surface area contributed by atoms with Crippen LogP contribution in [-0.4, -0.2) is 34.5 Å². The number of hydrogen-bond acceptors (Lipinski definition) is 3. The zero-order valence-corrected chi connectivity index (χ0v) is 17.7. The fourth-order valence-electron chi connectivity index (χ4n) is 3.71. The largest absolute Gasteiger partial charge is 0.483 e. The molecule has 1 atom stereocenters. The Morgan fingerprint density at radius 2 is 2.04 bits per heavy atom. The molecule has 0 aliphatic carbocycles. The van der Waals surface area contributed by atoms with E-state index >= 15 is 0 Å². The van der Waals surface area contributed by atoms with Crippen molar-refractivity contribution >= 4 is 40.1 Å². The number of imidazole rings is 1. The highest BCUT2D eigenvalue weighted by Gasteiger charge is 2.30. The van der Waals surface area contributed by atoms with Crippen LogP contribution in [0.4, 0.5) is 0 Å². The van der Waals surface area contributed by atoms with E-state index in [0.29, 0.717) is 27.8 Å². The maximum atomic E-state index is 12.8. The zero-order valence-electron chi connectivity index (χ0n) is 16.2. The zero-order chi connectivity index (χ0) is 20.2. The number of ether oxygens (including phenoxy) is 1. The molecule has 2 heterocycles. The highest BCUT2D eigenvalue weighted by molar-refractivity contribution is 6.35. The van der Waals surface area contributed by atoms with E-state index in [0.717, 1.165) is 34.4 Å². The Morgan fingerprint density at radius 1 is 1.29 bits per heavy atom. The summed E-state index contributed by atoms with van der Waals surface area (Å²) >= 11 is 12.5. The van der Waals surface area contributed by atoms with Gasteiger partial charge in [-0.15, -0.1) is 0 Å². The standard InChI is InChI=1S/C21H21Cl2N3O2/c1-11-24-19-17(26(11)4)10-15(21(27)25(2)3)13-7-8-18(28-20(13)19)14-6-5-12(22)9-16(14)23/h5-6,9-10,18H,7-8H2,1-4H3/t18-/m0/s1. The van der Waals surface area contributed by atoms with Gasteiger partial charge in [-0.1, -0.05) is 29.3 Å². The summed E-state index contributed by atoms with van der Waals surface area (Å²) < 4.78 is 8.39. The van der Waals surface area contributed by atoms with Gasteiger partial charge >= 0.3 is 0 Å². The van der Waals surface area contributed by atoms with Crippen molar-refractivity contribution in [1.82, 2.24) is 14.5 Å². The number of carbonyl (C=O) groups excluding carboxylic acids is 1. The van der Waals surface area contributed by atoms with Crippen molar-refractivity contribution in [1.29, 1.82) is 0 Å². The van der Waals surface area contributed by atoms with Crippen LogP contribution in [0.1, 0.15) is 39.8 Å². The van der Waals surface area contributed by atoms with E-state index in [2.05, 4.69) is 0 Å². The van der Waals surface area contributed by atoms with Gasteiger partial charge in [0.25, 0.3) is 5.91 Å². The Morgan fingerprint density at radius 3 is 2.71 bits per heavy atom. The molecule has 1 aliphatic heterocycles. The van der Waals surface area contributed by atoms with Gasteiger partial charge in [0.05, 0.1) is 5.52 Å². The highest BCUT2D eigenvalue weighted by Crippen LogP contribution is 2.43. The van der Waals surface area contributed by atoms with E-state index < -0.39 is 0 Å². The molecule has 0 saturated heterocycles. The summed E-state index contributed by atoms with van der Waals surface area (Å²) in [6, 6.07) is 7.36. The summed E-state index contributed by atoms with van der Waals surface area (Å²) in [5, 5.41) is 1.17. The third kappa shape index (κ3) is 3.03. The lowest BCUT2D eigenvalue weighted by molar-refractivity contribution is 0.0823. The lowest BCUT2D eigenvalue weighted by Gasteiger charge is -2.29. The Labute approximate surface area is 173 Å². The van der Waals surface area contributed by atoms with E-state index in [1.807, 2.05) is 36.7 Å². The van der Waals surface area contributed by atoms with E-state index in [1.54, 1.807) is 25.1 Å². The van der Waals surface area contributed by atoms with Crippen molar-refractivity contribution in [2.45, 2.75) is 25.9 Å². The predicted octanol–water partition coefficient (Wildman–Crippen LogP) is 4.96. The highest BCUT2D eigenvalue weighted by atomic mass is 35.5. The van der Waals surface area contributed by atoms with E-state index in [-0.39, 0.29) is 12.0 Å². The number of hydrogen-bond donors (Lipinski definition) is 0. The normalized spacial score (nSPS) is 16.0. The molecule has 0 bridgehead atoms. The van der Waals surface area contributed by atoms with Crippen molar-refractivity contribution < 1.29 is 9.53 Å². The molecule has 7 heteroatoms. The average Bonchev–Trinajstić information content (AvgIpc) is 2.94. The molecular weight excluding hydrogens is 397 g/mol. The maximum Gasteiger partial charge on any atom is 0.253 e. The number of halogens is 2. The Hall–Kier alpha value is -2.24. The van der Waals surface area contributed by atoms with Crippen molar-refractivity contribution in [3.8, 4) is 5.75 Å². The van der Waals surface area contributed by atoms with Gasteiger partial charge in [-0.2, -0.15) is 0 Å². The predicted molar refractivity (Wildman–Crippen MR) is 112 cm³/mol. The van der Waals surface area contributed by atoms with Crippen LogP contribution in [-0.2, 0) is 13.5 Å². The fraction of sp³-hybridized carbons (Fsp3) is 0.333. The molecule has 1 amide bonds. The number of benzene rings is 2. The number of nitrogens with zero attached hydrogens (tertiary/aromatic N) is 3. The van der Waals surface area contributed by atoms with Crippen LogP contribution in [0.2, 0.25) is 10.0 Å². The van der Waals surface area contributed by atoms with Crippen LogP contribution in [0, 0.1) is 6.92 Å². The van der Waals surface area contributed by atoms with Crippen LogP contribution >= 0.6 is 23.2 Å². The third-order valence-electron chi connectivity index (χ3n) is 5.32. The second-order valence-electron chi connectivity index (χ2n) is 7.33. The molecule has 0 saturated carbocycles. The minimum Gasteiger partial charge on any atom is -0.483 e. The number of rotatable bonds is 2. The van der Waals surface area contributed by atoms with Crippen molar-refractivity contribution in [2.24, 2.45) is 7.05 Å². The van der Waals surface area contributed by atoms with Gasteiger partial charge in [0.15, 0.2) is 5.75 Å². The molecule has 5 nitrogen and oxygen atoms in total. The number of amides is 1. The lowest BCUT2D eigenvalue weighted by Crippen LogP contribution is -2.25. The molecular formula is C21H21Cl2N3O2. The monoisotopic (exact) mass is 417 g/mol. The first-order chi connectivity index (χ1) is 13.3. The number of fused-ring (bicyclic) bond motifs is 3. The third-order valence-corrected chi connectivity index (χ3v) is 5.88. The first-order valence-corrected chi connectivity index (χ1v) is 9.85. The van der Waals surface area contributed by atoms with Crippen molar-refractivity contribution in [3.63, 3.8) is 0 Å². The van der Waals surface area contributed by atoms with E-state index in [9.17, 15) is 4.79 Å². The van der Waals surface area contributed by atoms with E-state index in [4.69, 9.17) is 32.9 Å². The number of aromatic nitrogens is 2. The van der Waals surface area contributed by atoms with Crippen LogP contribution in [0.5, 0.6) is 5.75 Å². The summed E-state index contributed by atoms with van der Waals surface area (Å²) in [6.07, 6.45) is 1.21. The number of aryl methyl sites for hydroxylation is 2. The van der Waals surface area contributed by atoms with Crippen LogP contribution in [0.25, 0.3) is 11.0 Å². The van der Waals surface area contributed by atoms with Gasteiger partial charge in [0.1, 0.15) is 17.4 Å². The molecule has 146 valence electrons. The molecule has 2 aromatic carbocycles. The summed E-state index contributed by atoms with van der Waals surface area (Å²) in [6.45, 7) is 1.94. The molecule has 1 aromatic heterocycles. The molecule has 28 heavy (non-hydrogen) atoms. The SMILES string of the molecule is Cc1nc2c3c(c(C(=O)N(C)C)cc2n1C)CC[C@@H](c1ccc(Cl)cc1Cl)O3. The van der Waals surface area contributed by atoms with Crippen molar-refractivity contribution in [2.75, 3.05) is 14.1 Å². The molecule has 0 unspecified atom stereocenters. The Bertz CT molecular complexity index is 1100.